The first-order valence-corrected chi connectivity index (χ1v) is 11.2. The molecule has 4 rings (SSSR count). The van der Waals surface area contributed by atoms with Crippen LogP contribution in [0.25, 0.3) is 16.7 Å². The van der Waals surface area contributed by atoms with Crippen LogP contribution in [0, 0.1) is 19.7 Å². The number of hydrogen-bond acceptors (Lipinski definition) is 5. The monoisotopic (exact) mass is 478 g/mol. The summed E-state index contributed by atoms with van der Waals surface area (Å²) in [7, 11) is 3.16. The molecule has 1 N–H and O–H groups in total. The maximum Gasteiger partial charge on any atom is 0.252 e. The molecular formula is C26H27FN4O4. The third-order valence-corrected chi connectivity index (χ3v) is 5.86. The van der Waals surface area contributed by atoms with Crippen molar-refractivity contribution >= 4 is 16.9 Å². The fraction of sp³-hybridized carbons (Fsp3) is 0.269. The van der Waals surface area contributed by atoms with Gasteiger partial charge in [0, 0.05) is 24.1 Å². The van der Waals surface area contributed by atoms with Gasteiger partial charge in [0.05, 0.1) is 25.6 Å². The fourth-order valence-electron chi connectivity index (χ4n) is 4.20. The zero-order chi connectivity index (χ0) is 25.1. The second kappa shape index (κ2) is 10.0. The fourth-order valence-corrected chi connectivity index (χ4v) is 4.20. The summed E-state index contributed by atoms with van der Waals surface area (Å²) in [5.41, 5.74) is 2.93. The van der Waals surface area contributed by atoms with Crippen molar-refractivity contribution < 1.29 is 18.7 Å². The number of aromatic nitrogens is 3. The van der Waals surface area contributed by atoms with Gasteiger partial charge in [-0.3, -0.25) is 14.2 Å². The van der Waals surface area contributed by atoms with E-state index in [2.05, 4.69) is 10.4 Å². The number of aryl methyl sites for hydroxylation is 2. The molecule has 0 aliphatic carbocycles. The number of amides is 1. The molecule has 9 heteroatoms. The van der Waals surface area contributed by atoms with Gasteiger partial charge in [-0.15, -0.1) is 0 Å². The minimum Gasteiger partial charge on any atom is -0.497 e. The third-order valence-electron chi connectivity index (χ3n) is 5.86. The number of ether oxygens (including phenoxy) is 2. The molecule has 0 aliphatic heterocycles. The maximum atomic E-state index is 13.9. The van der Waals surface area contributed by atoms with E-state index in [0.717, 1.165) is 16.5 Å². The maximum absolute atomic E-state index is 13.9. The molecule has 2 aromatic carbocycles. The van der Waals surface area contributed by atoms with E-state index < -0.39 is 5.82 Å². The van der Waals surface area contributed by atoms with Crippen molar-refractivity contribution in [1.29, 1.82) is 0 Å². The van der Waals surface area contributed by atoms with Crippen LogP contribution in [0.2, 0.25) is 0 Å². The molecule has 1 amide bonds. The lowest BCUT2D eigenvalue weighted by Crippen LogP contribution is -2.34. The van der Waals surface area contributed by atoms with Gasteiger partial charge in [-0.1, -0.05) is 12.1 Å². The summed E-state index contributed by atoms with van der Waals surface area (Å²) in [5.74, 6) is 0.610. The van der Waals surface area contributed by atoms with E-state index in [1.807, 2.05) is 26.0 Å². The molecule has 35 heavy (non-hydrogen) atoms. The highest BCUT2D eigenvalue weighted by molar-refractivity contribution is 5.85. The lowest BCUT2D eigenvalue weighted by molar-refractivity contribution is -0.121. The van der Waals surface area contributed by atoms with E-state index in [1.165, 1.54) is 27.4 Å². The Hall–Kier alpha value is -4.14. The molecule has 4 aromatic rings. The minimum atomic E-state index is -0.419. The van der Waals surface area contributed by atoms with E-state index in [-0.39, 0.29) is 18.0 Å². The van der Waals surface area contributed by atoms with E-state index in [0.29, 0.717) is 41.5 Å². The summed E-state index contributed by atoms with van der Waals surface area (Å²) >= 11 is 0. The summed E-state index contributed by atoms with van der Waals surface area (Å²) in [6.45, 7) is 3.80. The molecule has 8 nitrogen and oxygen atoms in total. The van der Waals surface area contributed by atoms with Crippen LogP contribution in [-0.4, -0.2) is 41.0 Å². The molecule has 0 unspecified atom stereocenters. The number of nitrogens with zero attached hydrogens (tertiary/aromatic N) is 3. The van der Waals surface area contributed by atoms with Gasteiger partial charge >= 0.3 is 0 Å². The second-order valence-electron chi connectivity index (χ2n) is 8.21. The highest BCUT2D eigenvalue weighted by Gasteiger charge is 2.19. The topological polar surface area (TPSA) is 87.4 Å². The number of benzene rings is 2. The van der Waals surface area contributed by atoms with Gasteiger partial charge in [0.1, 0.15) is 29.5 Å². The number of nitrogens with one attached hydrogen (secondary N) is 1. The number of methoxy groups -OCH3 is 2. The second-order valence-corrected chi connectivity index (χ2v) is 8.21. The van der Waals surface area contributed by atoms with Crippen LogP contribution in [0.1, 0.15) is 16.8 Å². The van der Waals surface area contributed by atoms with Gasteiger partial charge < -0.3 is 14.8 Å². The van der Waals surface area contributed by atoms with Crippen molar-refractivity contribution in [3.63, 3.8) is 0 Å². The van der Waals surface area contributed by atoms with Crippen LogP contribution in [0.3, 0.4) is 0 Å². The molecule has 0 spiro atoms. The lowest BCUT2D eigenvalue weighted by Gasteiger charge is -2.13. The standard InChI is InChI=1S/C26H27FN4O4/c1-16-12-24(33)30(26-25(16)17(2)29-31(26)20-7-5-6-19(27)13-20)15-23(32)28-11-10-18-8-9-21(34-3)14-22(18)35-4/h5-9,12-14H,10-11,15H2,1-4H3,(H,28,32). The molecule has 182 valence electrons. The van der Waals surface area contributed by atoms with Crippen molar-refractivity contribution in [1.82, 2.24) is 19.7 Å². The predicted octanol–water partition coefficient (Wildman–Crippen LogP) is 3.32. The number of pyridine rings is 1. The molecular weight excluding hydrogens is 451 g/mol. The first-order valence-electron chi connectivity index (χ1n) is 11.2. The normalized spacial score (nSPS) is 11.0. The number of carbonyl (C=O) groups excluding carboxylic acids is 1. The molecule has 0 saturated heterocycles. The first-order chi connectivity index (χ1) is 16.8. The lowest BCUT2D eigenvalue weighted by atomic mass is 10.1. The van der Waals surface area contributed by atoms with Gasteiger partial charge in [-0.2, -0.15) is 5.10 Å². The Morgan fingerprint density at radius 2 is 1.89 bits per heavy atom. The summed E-state index contributed by atoms with van der Waals surface area (Å²) in [5, 5.41) is 8.16. The zero-order valence-corrected chi connectivity index (χ0v) is 20.1. The molecule has 0 radical (unpaired) electrons. The van der Waals surface area contributed by atoms with Crippen LogP contribution in [0.4, 0.5) is 4.39 Å². The van der Waals surface area contributed by atoms with Crippen molar-refractivity contribution in [2.75, 3.05) is 20.8 Å². The molecule has 0 aliphatic rings. The summed E-state index contributed by atoms with van der Waals surface area (Å²) < 4.78 is 27.4. The van der Waals surface area contributed by atoms with E-state index in [9.17, 15) is 14.0 Å². The molecule has 0 fully saturated rings. The van der Waals surface area contributed by atoms with Crippen molar-refractivity contribution in [2.24, 2.45) is 0 Å². The minimum absolute atomic E-state index is 0.199. The van der Waals surface area contributed by atoms with Crippen molar-refractivity contribution in [2.45, 2.75) is 26.8 Å². The SMILES string of the molecule is COc1ccc(CCNC(=O)Cn2c(=O)cc(C)c3c(C)nn(-c4cccc(F)c4)c32)c(OC)c1. The zero-order valence-electron chi connectivity index (χ0n) is 20.1. The number of fused-ring (bicyclic) bond motifs is 1. The Balaban J connectivity index is 1.59. The van der Waals surface area contributed by atoms with Crippen LogP contribution < -0.4 is 20.3 Å². The highest BCUT2D eigenvalue weighted by atomic mass is 19.1. The summed E-state index contributed by atoms with van der Waals surface area (Å²) in [6.07, 6.45) is 0.539. The predicted molar refractivity (Wildman–Crippen MR) is 131 cm³/mol. The summed E-state index contributed by atoms with van der Waals surface area (Å²) in [4.78, 5) is 25.8. The Kier molecular flexibility index (Phi) is 6.86. The Morgan fingerprint density at radius 3 is 2.60 bits per heavy atom. The van der Waals surface area contributed by atoms with Gasteiger partial charge in [-0.25, -0.2) is 9.07 Å². The molecule has 2 heterocycles. The van der Waals surface area contributed by atoms with Gasteiger partial charge in [-0.05, 0) is 55.7 Å². The Labute approximate surface area is 201 Å². The number of hydrogen-bond donors (Lipinski definition) is 1. The first kappa shape index (κ1) is 24.0. The van der Waals surface area contributed by atoms with Gasteiger partial charge in [0.2, 0.25) is 5.91 Å². The number of carbonyl (C=O) groups is 1. The van der Waals surface area contributed by atoms with Crippen LogP contribution in [-0.2, 0) is 17.8 Å². The smallest absolute Gasteiger partial charge is 0.252 e. The molecule has 0 saturated carbocycles. The van der Waals surface area contributed by atoms with Gasteiger partial charge in [0.15, 0.2) is 0 Å². The summed E-state index contributed by atoms with van der Waals surface area (Å²) in [6, 6.07) is 13.0. The van der Waals surface area contributed by atoms with E-state index in [4.69, 9.17) is 9.47 Å². The van der Waals surface area contributed by atoms with Gasteiger partial charge in [0.25, 0.3) is 5.56 Å². The number of rotatable bonds is 8. The average Bonchev–Trinajstić information content (AvgIpc) is 3.19. The third kappa shape index (κ3) is 4.89. The van der Waals surface area contributed by atoms with E-state index in [1.54, 1.807) is 32.4 Å². The van der Waals surface area contributed by atoms with Crippen LogP contribution in [0.15, 0.2) is 53.3 Å². The molecule has 0 bridgehead atoms. The quantitative estimate of drug-likeness (QED) is 0.420. The van der Waals surface area contributed by atoms with Crippen LogP contribution in [0.5, 0.6) is 11.5 Å². The van der Waals surface area contributed by atoms with Crippen molar-refractivity contribution in [3.05, 3.63) is 81.5 Å². The largest absolute Gasteiger partial charge is 0.497 e. The Morgan fingerprint density at radius 1 is 1.09 bits per heavy atom. The van der Waals surface area contributed by atoms with Crippen molar-refractivity contribution in [3.8, 4) is 17.2 Å². The molecule has 2 aromatic heterocycles. The Bertz CT molecular complexity index is 1460. The van der Waals surface area contributed by atoms with E-state index >= 15 is 0 Å². The van der Waals surface area contributed by atoms with Crippen LogP contribution >= 0.6 is 0 Å². The average molecular weight is 479 g/mol. The number of halogens is 1. The highest BCUT2D eigenvalue weighted by Crippen LogP contribution is 2.25. The molecule has 0 atom stereocenters.